The van der Waals surface area contributed by atoms with Crippen molar-refractivity contribution in [1.29, 1.82) is 0 Å². The predicted molar refractivity (Wildman–Crippen MR) is 80.2 cm³/mol. The van der Waals surface area contributed by atoms with Crippen LogP contribution in [-0.2, 0) is 0 Å². The number of halogens is 2. The molecule has 0 bridgehead atoms. The first-order valence-electron chi connectivity index (χ1n) is 5.68. The van der Waals surface area contributed by atoms with E-state index in [4.69, 9.17) is 11.6 Å². The topological polar surface area (TPSA) is 16.1 Å². The highest BCUT2D eigenvalue weighted by Crippen LogP contribution is 2.29. The lowest BCUT2D eigenvalue weighted by atomic mass is 10.1. The Morgan fingerprint density at radius 2 is 2.06 bits per heavy atom. The maximum absolute atomic E-state index is 6.03. The zero-order valence-electron chi connectivity index (χ0n) is 10.3. The minimum Gasteiger partial charge on any atom is -0.352 e. The molecule has 1 heterocycles. The standard InChI is InChI=1S/C14H14BrClN2/c1-10(11-5-3-6-12(16)9-11)18(2)14-13(15)7-4-8-17-14/h3-10H,1-2H3. The van der Waals surface area contributed by atoms with Gasteiger partial charge >= 0.3 is 0 Å². The fourth-order valence-corrected chi connectivity index (χ4v) is 2.54. The van der Waals surface area contributed by atoms with Crippen LogP contribution in [0, 0.1) is 0 Å². The molecule has 0 aliphatic carbocycles. The summed E-state index contributed by atoms with van der Waals surface area (Å²) in [4.78, 5) is 6.51. The number of aromatic nitrogens is 1. The van der Waals surface area contributed by atoms with E-state index in [1.807, 2.05) is 37.4 Å². The number of hydrogen-bond acceptors (Lipinski definition) is 2. The molecule has 0 aliphatic heterocycles. The minimum absolute atomic E-state index is 0.204. The average Bonchev–Trinajstić information content (AvgIpc) is 2.37. The normalized spacial score (nSPS) is 12.2. The summed E-state index contributed by atoms with van der Waals surface area (Å²) in [7, 11) is 2.03. The highest BCUT2D eigenvalue weighted by atomic mass is 79.9. The molecule has 94 valence electrons. The second-order valence-electron chi connectivity index (χ2n) is 4.15. The van der Waals surface area contributed by atoms with Crippen LogP contribution in [0.5, 0.6) is 0 Å². The van der Waals surface area contributed by atoms with Crippen LogP contribution >= 0.6 is 27.5 Å². The number of rotatable bonds is 3. The summed E-state index contributed by atoms with van der Waals surface area (Å²) >= 11 is 9.55. The van der Waals surface area contributed by atoms with Crippen LogP contribution in [0.2, 0.25) is 5.02 Å². The van der Waals surface area contributed by atoms with Crippen LogP contribution in [0.4, 0.5) is 5.82 Å². The van der Waals surface area contributed by atoms with Crippen LogP contribution in [0.15, 0.2) is 47.1 Å². The van der Waals surface area contributed by atoms with Gasteiger partial charge in [0.2, 0.25) is 0 Å². The van der Waals surface area contributed by atoms with E-state index in [2.05, 4.69) is 38.8 Å². The molecule has 2 nitrogen and oxygen atoms in total. The van der Waals surface area contributed by atoms with Gasteiger partial charge in [0.1, 0.15) is 5.82 Å². The molecule has 0 N–H and O–H groups in total. The molecular formula is C14H14BrClN2. The smallest absolute Gasteiger partial charge is 0.143 e. The van der Waals surface area contributed by atoms with E-state index in [0.717, 1.165) is 15.3 Å². The first-order chi connectivity index (χ1) is 8.59. The van der Waals surface area contributed by atoms with Crippen LogP contribution in [0.1, 0.15) is 18.5 Å². The summed E-state index contributed by atoms with van der Waals surface area (Å²) in [5.41, 5.74) is 1.17. The molecule has 0 radical (unpaired) electrons. The van der Waals surface area contributed by atoms with Gasteiger partial charge < -0.3 is 4.90 Å². The molecule has 18 heavy (non-hydrogen) atoms. The van der Waals surface area contributed by atoms with Crippen LogP contribution < -0.4 is 4.90 Å². The van der Waals surface area contributed by atoms with Gasteiger partial charge in [0.15, 0.2) is 0 Å². The van der Waals surface area contributed by atoms with Crippen LogP contribution in [0.3, 0.4) is 0 Å². The number of hydrogen-bond donors (Lipinski definition) is 0. The molecule has 0 saturated heterocycles. The average molecular weight is 326 g/mol. The Morgan fingerprint density at radius 3 is 2.72 bits per heavy atom. The van der Waals surface area contributed by atoms with Crippen LogP contribution in [0.25, 0.3) is 0 Å². The quantitative estimate of drug-likeness (QED) is 0.813. The molecule has 0 spiro atoms. The van der Waals surface area contributed by atoms with Gasteiger partial charge in [-0.25, -0.2) is 4.98 Å². The molecule has 0 aliphatic rings. The Kier molecular flexibility index (Phi) is 4.25. The summed E-state index contributed by atoms with van der Waals surface area (Å²) in [6.07, 6.45) is 1.79. The monoisotopic (exact) mass is 324 g/mol. The third kappa shape index (κ3) is 2.85. The second kappa shape index (κ2) is 5.72. The van der Waals surface area contributed by atoms with Gasteiger partial charge in [-0.2, -0.15) is 0 Å². The van der Waals surface area contributed by atoms with Gasteiger partial charge in [0.05, 0.1) is 10.5 Å². The van der Waals surface area contributed by atoms with Crippen molar-refractivity contribution in [1.82, 2.24) is 4.98 Å². The highest BCUT2D eigenvalue weighted by molar-refractivity contribution is 9.10. The fourth-order valence-electron chi connectivity index (χ4n) is 1.81. The lowest BCUT2D eigenvalue weighted by molar-refractivity contribution is 0.727. The van der Waals surface area contributed by atoms with Crippen molar-refractivity contribution in [3.8, 4) is 0 Å². The first kappa shape index (κ1) is 13.4. The lowest BCUT2D eigenvalue weighted by Gasteiger charge is -2.27. The predicted octanol–water partition coefficient (Wildman–Crippen LogP) is 4.69. The maximum Gasteiger partial charge on any atom is 0.143 e. The molecule has 1 unspecified atom stereocenters. The van der Waals surface area contributed by atoms with Gasteiger partial charge in [-0.1, -0.05) is 23.7 Å². The van der Waals surface area contributed by atoms with E-state index in [9.17, 15) is 0 Å². The molecule has 2 aromatic rings. The van der Waals surface area contributed by atoms with E-state index < -0.39 is 0 Å². The summed E-state index contributed by atoms with van der Waals surface area (Å²) in [6.45, 7) is 2.13. The fraction of sp³-hybridized carbons (Fsp3) is 0.214. The Hall–Kier alpha value is -1.06. The van der Waals surface area contributed by atoms with Crippen molar-refractivity contribution in [3.63, 3.8) is 0 Å². The molecule has 1 aromatic carbocycles. The van der Waals surface area contributed by atoms with Gasteiger partial charge in [-0.05, 0) is 52.7 Å². The van der Waals surface area contributed by atoms with Crippen LogP contribution in [-0.4, -0.2) is 12.0 Å². The zero-order chi connectivity index (χ0) is 13.1. The Labute approximate surface area is 121 Å². The molecule has 0 saturated carbocycles. The summed E-state index contributed by atoms with van der Waals surface area (Å²) in [5.74, 6) is 0.921. The number of nitrogens with zero attached hydrogens (tertiary/aromatic N) is 2. The molecule has 2 rings (SSSR count). The van der Waals surface area contributed by atoms with E-state index >= 15 is 0 Å². The zero-order valence-corrected chi connectivity index (χ0v) is 12.6. The van der Waals surface area contributed by atoms with Gasteiger partial charge in [-0.15, -0.1) is 0 Å². The molecule has 0 amide bonds. The van der Waals surface area contributed by atoms with Crippen molar-refractivity contribution in [3.05, 3.63) is 57.7 Å². The molecule has 1 aromatic heterocycles. The third-order valence-corrected chi connectivity index (χ3v) is 3.84. The van der Waals surface area contributed by atoms with E-state index in [1.54, 1.807) is 6.20 Å². The van der Waals surface area contributed by atoms with Crippen molar-refractivity contribution in [2.24, 2.45) is 0 Å². The van der Waals surface area contributed by atoms with Gasteiger partial charge in [-0.3, -0.25) is 0 Å². The Morgan fingerprint density at radius 1 is 1.28 bits per heavy atom. The van der Waals surface area contributed by atoms with Gasteiger partial charge in [0.25, 0.3) is 0 Å². The first-order valence-corrected chi connectivity index (χ1v) is 6.85. The maximum atomic E-state index is 6.03. The van der Waals surface area contributed by atoms with Crippen molar-refractivity contribution in [2.45, 2.75) is 13.0 Å². The van der Waals surface area contributed by atoms with E-state index in [1.165, 1.54) is 5.56 Å². The van der Waals surface area contributed by atoms with Crippen molar-refractivity contribution < 1.29 is 0 Å². The van der Waals surface area contributed by atoms with Crippen molar-refractivity contribution >= 4 is 33.3 Å². The second-order valence-corrected chi connectivity index (χ2v) is 5.44. The van der Waals surface area contributed by atoms with E-state index in [0.29, 0.717) is 0 Å². The Balaban J connectivity index is 2.29. The molecular weight excluding hydrogens is 312 g/mol. The molecule has 0 fully saturated rings. The van der Waals surface area contributed by atoms with Gasteiger partial charge in [0, 0.05) is 18.3 Å². The summed E-state index contributed by atoms with van der Waals surface area (Å²) in [5, 5.41) is 0.757. The number of anilines is 1. The summed E-state index contributed by atoms with van der Waals surface area (Å²) in [6, 6.07) is 12.0. The number of pyridine rings is 1. The molecule has 1 atom stereocenters. The lowest BCUT2D eigenvalue weighted by Crippen LogP contribution is -2.22. The minimum atomic E-state index is 0.204. The highest BCUT2D eigenvalue weighted by Gasteiger charge is 2.15. The Bertz CT molecular complexity index is 545. The third-order valence-electron chi connectivity index (χ3n) is 2.99. The SMILES string of the molecule is CC(c1cccc(Cl)c1)N(C)c1ncccc1Br. The van der Waals surface area contributed by atoms with E-state index in [-0.39, 0.29) is 6.04 Å². The summed E-state index contributed by atoms with van der Waals surface area (Å²) < 4.78 is 0.987. The molecule has 4 heteroatoms. The number of benzene rings is 1. The van der Waals surface area contributed by atoms with Crippen molar-refractivity contribution in [2.75, 3.05) is 11.9 Å². The largest absolute Gasteiger partial charge is 0.352 e.